The molecule has 0 atom stereocenters. The molecule has 6 nitrogen and oxygen atoms in total. The van der Waals surface area contributed by atoms with Crippen LogP contribution in [0.5, 0.6) is 0 Å². The predicted octanol–water partition coefficient (Wildman–Crippen LogP) is 4.94. The Kier molecular flexibility index (Phi) is 5.41. The average Bonchev–Trinajstić information content (AvgIpc) is 3.54. The van der Waals surface area contributed by atoms with Crippen molar-refractivity contribution in [2.45, 2.75) is 11.3 Å². The number of rotatable bonds is 7. The molecule has 156 valence electrons. The summed E-state index contributed by atoms with van der Waals surface area (Å²) in [5.74, 6) is 0. The van der Waals surface area contributed by atoms with Gasteiger partial charge in [-0.05, 0) is 41.4 Å². The van der Waals surface area contributed by atoms with Gasteiger partial charge in [-0.25, -0.2) is 13.1 Å². The minimum absolute atomic E-state index is 0.190. The van der Waals surface area contributed by atoms with Crippen LogP contribution in [-0.4, -0.2) is 30.1 Å². The standard InChI is InChI=1S/C22H18N4O2S3/c27-31(28,19-9-1-5-15-6-2-11-23-20(15)19)24-12-10-16-21(17-7-3-13-29-17)25-26-22(16)18-8-4-14-30-18/h1-9,11,13-14,24H,10,12H2,(H,25,26). The zero-order valence-corrected chi connectivity index (χ0v) is 18.7. The first-order valence-corrected chi connectivity index (χ1v) is 12.9. The third-order valence-corrected chi connectivity index (χ3v) is 8.20. The van der Waals surface area contributed by atoms with Crippen LogP contribution in [0.25, 0.3) is 32.0 Å². The number of pyridine rings is 1. The lowest BCUT2D eigenvalue weighted by Gasteiger charge is -2.10. The molecule has 1 aromatic carbocycles. The molecule has 0 saturated heterocycles. The van der Waals surface area contributed by atoms with Crippen LogP contribution in [0, 0.1) is 0 Å². The van der Waals surface area contributed by atoms with Crippen LogP contribution in [0.2, 0.25) is 0 Å². The summed E-state index contributed by atoms with van der Waals surface area (Å²) in [6, 6.07) is 16.9. The number of para-hydroxylation sites is 1. The molecule has 0 aliphatic heterocycles. The van der Waals surface area contributed by atoms with Crippen LogP contribution in [0.4, 0.5) is 0 Å². The van der Waals surface area contributed by atoms with E-state index >= 15 is 0 Å². The Morgan fingerprint density at radius 3 is 2.48 bits per heavy atom. The van der Waals surface area contributed by atoms with Crippen LogP contribution < -0.4 is 4.72 Å². The highest BCUT2D eigenvalue weighted by Crippen LogP contribution is 2.34. The van der Waals surface area contributed by atoms with Gasteiger partial charge in [-0.15, -0.1) is 22.7 Å². The first-order valence-electron chi connectivity index (χ1n) is 9.62. The van der Waals surface area contributed by atoms with Crippen molar-refractivity contribution in [3.05, 3.63) is 77.1 Å². The molecule has 0 spiro atoms. The van der Waals surface area contributed by atoms with E-state index in [-0.39, 0.29) is 11.4 Å². The van der Waals surface area contributed by atoms with E-state index in [0.29, 0.717) is 11.9 Å². The van der Waals surface area contributed by atoms with Gasteiger partial charge >= 0.3 is 0 Å². The molecule has 9 heteroatoms. The molecule has 0 bridgehead atoms. The van der Waals surface area contributed by atoms with E-state index in [4.69, 9.17) is 0 Å². The fraction of sp³-hybridized carbons (Fsp3) is 0.0909. The number of sulfonamides is 1. The maximum atomic E-state index is 13.0. The summed E-state index contributed by atoms with van der Waals surface area (Å²) in [7, 11) is -3.71. The number of hydrogen-bond acceptors (Lipinski definition) is 6. The van der Waals surface area contributed by atoms with Crippen LogP contribution in [-0.2, 0) is 16.4 Å². The van der Waals surface area contributed by atoms with E-state index in [2.05, 4.69) is 19.9 Å². The second kappa shape index (κ2) is 8.35. The molecule has 0 amide bonds. The zero-order valence-electron chi connectivity index (χ0n) is 16.3. The lowest BCUT2D eigenvalue weighted by atomic mass is 10.1. The Hall–Kier alpha value is -2.85. The number of nitrogens with zero attached hydrogens (tertiary/aromatic N) is 2. The van der Waals surface area contributed by atoms with Crippen molar-refractivity contribution < 1.29 is 8.42 Å². The van der Waals surface area contributed by atoms with Crippen LogP contribution >= 0.6 is 22.7 Å². The molecule has 2 N–H and O–H groups in total. The average molecular weight is 467 g/mol. The van der Waals surface area contributed by atoms with Gasteiger partial charge in [-0.1, -0.05) is 30.3 Å². The second-order valence-corrected chi connectivity index (χ2v) is 10.5. The highest BCUT2D eigenvalue weighted by Gasteiger charge is 2.21. The van der Waals surface area contributed by atoms with E-state index in [9.17, 15) is 8.42 Å². The largest absolute Gasteiger partial charge is 0.276 e. The molecular weight excluding hydrogens is 448 g/mol. The molecule has 0 saturated carbocycles. The number of thiophene rings is 2. The normalized spacial score (nSPS) is 11.9. The first-order chi connectivity index (χ1) is 15.1. The summed E-state index contributed by atoms with van der Waals surface area (Å²) in [6.45, 7) is 0.252. The molecular formula is C22H18N4O2S3. The molecule has 5 aromatic rings. The predicted molar refractivity (Wildman–Crippen MR) is 126 cm³/mol. The van der Waals surface area contributed by atoms with Gasteiger partial charge < -0.3 is 0 Å². The number of benzene rings is 1. The Balaban J connectivity index is 1.43. The van der Waals surface area contributed by atoms with E-state index in [0.717, 1.165) is 32.1 Å². The molecule has 0 unspecified atom stereocenters. The topological polar surface area (TPSA) is 87.7 Å². The van der Waals surface area contributed by atoms with Crippen molar-refractivity contribution in [1.29, 1.82) is 0 Å². The first kappa shape index (κ1) is 20.1. The molecule has 4 heterocycles. The monoisotopic (exact) mass is 466 g/mol. The number of fused-ring (bicyclic) bond motifs is 1. The Bertz CT molecular complexity index is 1370. The van der Waals surface area contributed by atoms with Gasteiger partial charge in [0, 0.05) is 23.7 Å². The fourth-order valence-corrected chi connectivity index (χ4v) is 6.23. The third-order valence-electron chi connectivity index (χ3n) is 4.94. The molecule has 4 aromatic heterocycles. The molecule has 0 fully saturated rings. The van der Waals surface area contributed by atoms with Crippen molar-refractivity contribution in [2.24, 2.45) is 0 Å². The molecule has 5 rings (SSSR count). The number of nitrogens with one attached hydrogen (secondary N) is 2. The number of aromatic amines is 1. The van der Waals surface area contributed by atoms with Gasteiger partial charge in [0.25, 0.3) is 0 Å². The van der Waals surface area contributed by atoms with Gasteiger partial charge in [0.2, 0.25) is 10.0 Å². The van der Waals surface area contributed by atoms with E-state index in [1.165, 1.54) is 0 Å². The Morgan fingerprint density at radius 1 is 0.935 bits per heavy atom. The maximum Gasteiger partial charge on any atom is 0.242 e. The summed E-state index contributed by atoms with van der Waals surface area (Å²) in [5.41, 5.74) is 3.27. The van der Waals surface area contributed by atoms with E-state index in [1.807, 2.05) is 47.2 Å². The lowest BCUT2D eigenvalue weighted by Crippen LogP contribution is -2.26. The number of H-pyrrole nitrogens is 1. The van der Waals surface area contributed by atoms with Crippen molar-refractivity contribution in [3.8, 4) is 21.1 Å². The lowest BCUT2D eigenvalue weighted by molar-refractivity contribution is 0.582. The van der Waals surface area contributed by atoms with Crippen molar-refractivity contribution in [3.63, 3.8) is 0 Å². The Labute approximate surface area is 187 Å². The maximum absolute atomic E-state index is 13.0. The molecule has 0 aliphatic carbocycles. The summed E-state index contributed by atoms with van der Waals surface area (Å²) in [5, 5.41) is 12.5. The minimum atomic E-state index is -3.71. The smallest absolute Gasteiger partial charge is 0.242 e. The van der Waals surface area contributed by atoms with Crippen LogP contribution in [0.3, 0.4) is 0 Å². The molecule has 31 heavy (non-hydrogen) atoms. The molecule has 0 aliphatic rings. The van der Waals surface area contributed by atoms with Crippen molar-refractivity contribution in [1.82, 2.24) is 19.9 Å². The zero-order chi connectivity index (χ0) is 21.3. The van der Waals surface area contributed by atoms with E-state index in [1.54, 1.807) is 47.1 Å². The number of hydrogen-bond donors (Lipinski definition) is 2. The van der Waals surface area contributed by atoms with Crippen molar-refractivity contribution in [2.75, 3.05) is 6.54 Å². The van der Waals surface area contributed by atoms with Gasteiger partial charge in [0.1, 0.15) is 10.6 Å². The van der Waals surface area contributed by atoms with Gasteiger partial charge in [-0.2, -0.15) is 5.10 Å². The summed E-state index contributed by atoms with van der Waals surface area (Å²) in [6.07, 6.45) is 2.11. The highest BCUT2D eigenvalue weighted by atomic mass is 32.2. The third kappa shape index (κ3) is 3.92. The minimum Gasteiger partial charge on any atom is -0.276 e. The number of aromatic nitrogens is 3. The summed E-state index contributed by atoms with van der Waals surface area (Å²) < 4.78 is 28.8. The quantitative estimate of drug-likeness (QED) is 0.356. The van der Waals surface area contributed by atoms with Crippen LogP contribution in [0.15, 0.2) is 76.4 Å². The van der Waals surface area contributed by atoms with Gasteiger partial charge in [0.05, 0.1) is 21.0 Å². The van der Waals surface area contributed by atoms with Crippen molar-refractivity contribution >= 4 is 43.6 Å². The Morgan fingerprint density at radius 2 is 1.71 bits per heavy atom. The van der Waals surface area contributed by atoms with E-state index < -0.39 is 10.0 Å². The van der Waals surface area contributed by atoms with Crippen LogP contribution in [0.1, 0.15) is 5.56 Å². The van der Waals surface area contributed by atoms with Gasteiger partial charge in [-0.3, -0.25) is 10.1 Å². The SMILES string of the molecule is O=S(=O)(NCCc1c(-c2cccs2)n[nH]c1-c1cccs1)c1cccc2cccnc12. The summed E-state index contributed by atoms with van der Waals surface area (Å²) >= 11 is 3.24. The second-order valence-electron chi connectivity index (χ2n) is 6.86. The highest BCUT2D eigenvalue weighted by molar-refractivity contribution is 7.89. The summed E-state index contributed by atoms with van der Waals surface area (Å²) in [4.78, 5) is 6.59. The fourth-order valence-electron chi connectivity index (χ4n) is 3.53. The van der Waals surface area contributed by atoms with Gasteiger partial charge in [0.15, 0.2) is 0 Å². The molecule has 0 radical (unpaired) electrons.